The number of amides is 4. The van der Waals surface area contributed by atoms with E-state index in [1.165, 1.54) is 0 Å². The predicted octanol–water partition coefficient (Wildman–Crippen LogP) is 1.44. The molecule has 0 aliphatic heterocycles. The largest absolute Gasteiger partial charge is 0.484 e. The van der Waals surface area contributed by atoms with E-state index < -0.39 is 23.9 Å². The van der Waals surface area contributed by atoms with Gasteiger partial charge in [-0.1, -0.05) is 62.4 Å². The molecule has 0 heterocycles. The van der Waals surface area contributed by atoms with Crippen LogP contribution in [0.4, 0.5) is 4.79 Å². The number of carbonyl (C=O) groups excluding carboxylic acids is 3. The quantitative estimate of drug-likeness (QED) is 0.221. The summed E-state index contributed by atoms with van der Waals surface area (Å²) in [5, 5.41) is 5.06. The first-order valence-electron chi connectivity index (χ1n) is 10.5. The zero-order chi connectivity index (χ0) is 24.1. The second-order valence-electron chi connectivity index (χ2n) is 7.61. The second kappa shape index (κ2) is 13.4. The molecule has 0 saturated carbocycles. The van der Waals surface area contributed by atoms with Crippen LogP contribution in [0.5, 0.6) is 5.75 Å². The fraction of sp³-hybridized carbons (Fsp3) is 0.304. The first-order chi connectivity index (χ1) is 15.8. The zero-order valence-electron chi connectivity index (χ0n) is 18.7. The molecule has 0 aliphatic rings. The fourth-order valence-corrected chi connectivity index (χ4v) is 2.73. The summed E-state index contributed by atoms with van der Waals surface area (Å²) < 4.78 is 5.43. The molecule has 0 unspecified atom stereocenters. The smallest absolute Gasteiger partial charge is 0.334 e. The molecule has 1 atom stereocenters. The first kappa shape index (κ1) is 25.2. The molecular weight excluding hydrogens is 424 g/mol. The molecule has 0 aromatic heterocycles. The van der Waals surface area contributed by atoms with Crippen LogP contribution in [0.1, 0.15) is 25.8 Å². The number of benzene rings is 2. The summed E-state index contributed by atoms with van der Waals surface area (Å²) in [5.74, 6) is -0.403. The van der Waals surface area contributed by atoms with Gasteiger partial charge in [-0.25, -0.2) is 15.2 Å². The van der Waals surface area contributed by atoms with Crippen molar-refractivity contribution < 1.29 is 19.1 Å². The summed E-state index contributed by atoms with van der Waals surface area (Å²) in [7, 11) is 0. The molecule has 0 aliphatic carbocycles. The minimum Gasteiger partial charge on any atom is -0.484 e. The summed E-state index contributed by atoms with van der Waals surface area (Å²) in [5.41, 5.74) is 11.2. The standard InChI is InChI=1S/C23H30N6O4/c1-16(2)13-19(21(24)31)26-23(32)29-28-22(25-14-17-9-5-3-6-10-17)27-20(30)15-33-18-11-7-4-8-12-18/h3-12,16,19H,13-15H2,1-2H3,(H2,24,31)(H2,26,29,32)(H2,25,27,28,30)/t19-/m0/s1. The number of aliphatic imine (C=N–C) groups is 1. The number of hydrogen-bond donors (Lipinski definition) is 5. The molecular formula is C23H30N6O4. The van der Waals surface area contributed by atoms with Gasteiger partial charge in [-0.3, -0.25) is 20.3 Å². The van der Waals surface area contributed by atoms with Crippen molar-refractivity contribution in [3.63, 3.8) is 0 Å². The summed E-state index contributed by atoms with van der Waals surface area (Å²) in [6, 6.07) is 16.7. The third kappa shape index (κ3) is 10.2. The van der Waals surface area contributed by atoms with Gasteiger partial charge in [0.15, 0.2) is 6.61 Å². The van der Waals surface area contributed by atoms with Gasteiger partial charge in [0.05, 0.1) is 6.54 Å². The molecule has 176 valence electrons. The molecule has 0 radical (unpaired) electrons. The zero-order valence-corrected chi connectivity index (χ0v) is 18.7. The van der Waals surface area contributed by atoms with E-state index in [9.17, 15) is 14.4 Å². The molecule has 10 nitrogen and oxygen atoms in total. The average Bonchev–Trinajstić information content (AvgIpc) is 2.80. The van der Waals surface area contributed by atoms with Crippen LogP contribution in [0.3, 0.4) is 0 Å². The molecule has 0 spiro atoms. The number of nitrogens with one attached hydrogen (secondary N) is 4. The summed E-state index contributed by atoms with van der Waals surface area (Å²) in [4.78, 5) is 40.4. The lowest BCUT2D eigenvalue weighted by Crippen LogP contribution is -2.56. The highest BCUT2D eigenvalue weighted by Gasteiger charge is 2.19. The third-order valence-corrected chi connectivity index (χ3v) is 4.28. The molecule has 0 saturated heterocycles. The third-order valence-electron chi connectivity index (χ3n) is 4.28. The molecule has 0 fully saturated rings. The van der Waals surface area contributed by atoms with E-state index in [0.29, 0.717) is 12.2 Å². The van der Waals surface area contributed by atoms with Crippen molar-refractivity contribution in [2.24, 2.45) is 16.6 Å². The Balaban J connectivity index is 1.97. The van der Waals surface area contributed by atoms with Gasteiger partial charge >= 0.3 is 6.03 Å². The van der Waals surface area contributed by atoms with Crippen molar-refractivity contribution >= 4 is 23.8 Å². The Morgan fingerprint density at radius 1 is 0.970 bits per heavy atom. The highest BCUT2D eigenvalue weighted by molar-refractivity contribution is 5.98. The molecule has 2 rings (SSSR count). The summed E-state index contributed by atoms with van der Waals surface area (Å²) >= 11 is 0. The molecule has 4 amide bonds. The van der Waals surface area contributed by atoms with Gasteiger partial charge in [0.25, 0.3) is 5.91 Å². The van der Waals surface area contributed by atoms with Crippen LogP contribution in [0, 0.1) is 5.92 Å². The second-order valence-corrected chi connectivity index (χ2v) is 7.61. The molecule has 0 bridgehead atoms. The average molecular weight is 455 g/mol. The van der Waals surface area contributed by atoms with Gasteiger partial charge in [0.1, 0.15) is 11.8 Å². The van der Waals surface area contributed by atoms with Gasteiger partial charge in [0, 0.05) is 0 Å². The fourth-order valence-electron chi connectivity index (χ4n) is 2.73. The number of nitrogens with zero attached hydrogens (tertiary/aromatic N) is 1. The van der Waals surface area contributed by atoms with E-state index in [2.05, 4.69) is 26.5 Å². The van der Waals surface area contributed by atoms with Crippen LogP contribution in [0.2, 0.25) is 0 Å². The van der Waals surface area contributed by atoms with Crippen LogP contribution in [-0.4, -0.2) is 36.5 Å². The maximum atomic E-state index is 12.3. The minimum atomic E-state index is -0.828. The molecule has 10 heteroatoms. The number of ether oxygens (including phenoxy) is 1. The highest BCUT2D eigenvalue weighted by Crippen LogP contribution is 2.07. The van der Waals surface area contributed by atoms with Crippen LogP contribution in [0.15, 0.2) is 65.7 Å². The van der Waals surface area contributed by atoms with Crippen molar-refractivity contribution in [2.75, 3.05) is 6.61 Å². The SMILES string of the molecule is CC(C)C[C@H](NC(=O)NNC(=NCc1ccccc1)NC(=O)COc1ccccc1)C(N)=O. The van der Waals surface area contributed by atoms with E-state index in [0.717, 1.165) is 5.56 Å². The molecule has 2 aromatic rings. The predicted molar refractivity (Wildman–Crippen MR) is 125 cm³/mol. The van der Waals surface area contributed by atoms with Gasteiger partial charge in [-0.15, -0.1) is 0 Å². The van der Waals surface area contributed by atoms with E-state index in [1.54, 1.807) is 24.3 Å². The Kier molecular flexibility index (Phi) is 10.2. The Morgan fingerprint density at radius 3 is 2.21 bits per heavy atom. The lowest BCUT2D eigenvalue weighted by Gasteiger charge is -2.19. The van der Waals surface area contributed by atoms with E-state index in [1.807, 2.05) is 50.2 Å². The Bertz CT molecular complexity index is 934. The van der Waals surface area contributed by atoms with Crippen molar-refractivity contribution in [1.82, 2.24) is 21.5 Å². The number of nitrogens with two attached hydrogens (primary N) is 1. The van der Waals surface area contributed by atoms with Crippen LogP contribution in [0.25, 0.3) is 0 Å². The summed E-state index contributed by atoms with van der Waals surface area (Å²) in [6.07, 6.45) is 0.394. The van der Waals surface area contributed by atoms with E-state index in [-0.39, 0.29) is 25.0 Å². The van der Waals surface area contributed by atoms with E-state index >= 15 is 0 Å². The van der Waals surface area contributed by atoms with Crippen molar-refractivity contribution in [1.29, 1.82) is 0 Å². The van der Waals surface area contributed by atoms with E-state index in [4.69, 9.17) is 10.5 Å². The van der Waals surface area contributed by atoms with Gasteiger partial charge in [-0.05, 0) is 30.0 Å². The Labute approximate surface area is 193 Å². The molecule has 33 heavy (non-hydrogen) atoms. The number of para-hydroxylation sites is 1. The Hall–Kier alpha value is -4.08. The summed E-state index contributed by atoms with van der Waals surface area (Å²) in [6.45, 7) is 3.83. The van der Waals surface area contributed by atoms with Crippen LogP contribution >= 0.6 is 0 Å². The maximum Gasteiger partial charge on any atom is 0.334 e. The van der Waals surface area contributed by atoms with Crippen LogP contribution in [-0.2, 0) is 16.1 Å². The Morgan fingerprint density at radius 2 is 1.61 bits per heavy atom. The maximum absolute atomic E-state index is 12.3. The number of primary amides is 1. The number of guanidine groups is 1. The monoisotopic (exact) mass is 454 g/mol. The van der Waals surface area contributed by atoms with Gasteiger partial charge < -0.3 is 15.8 Å². The van der Waals surface area contributed by atoms with Crippen LogP contribution < -0.4 is 32.0 Å². The highest BCUT2D eigenvalue weighted by atomic mass is 16.5. The van der Waals surface area contributed by atoms with Crippen molar-refractivity contribution in [3.8, 4) is 5.75 Å². The minimum absolute atomic E-state index is 0.00940. The number of hydrogen-bond acceptors (Lipinski definition) is 5. The number of rotatable bonds is 9. The normalized spacial score (nSPS) is 11.9. The van der Waals surface area contributed by atoms with Gasteiger partial charge in [0.2, 0.25) is 11.9 Å². The van der Waals surface area contributed by atoms with Crippen molar-refractivity contribution in [3.05, 3.63) is 66.2 Å². The number of carbonyl (C=O) groups is 3. The molecule has 6 N–H and O–H groups in total. The first-order valence-corrected chi connectivity index (χ1v) is 10.5. The lowest BCUT2D eigenvalue weighted by molar-refractivity contribution is -0.122. The number of hydrazine groups is 1. The molecule has 2 aromatic carbocycles. The lowest BCUT2D eigenvalue weighted by atomic mass is 10.0. The van der Waals surface area contributed by atoms with Crippen molar-refractivity contribution in [2.45, 2.75) is 32.9 Å². The number of urea groups is 1. The topological polar surface area (TPSA) is 147 Å². The van der Waals surface area contributed by atoms with Gasteiger partial charge in [-0.2, -0.15) is 0 Å².